The molecule has 0 radical (unpaired) electrons. The molecule has 0 amide bonds. The SMILES string of the molecule is O=Cc1cn(Cc2c(F)cccc2Cl)c2ncccc12. The lowest BCUT2D eigenvalue weighted by molar-refractivity contribution is 0.112. The zero-order valence-corrected chi connectivity index (χ0v) is 11.1. The Balaban J connectivity index is 2.14. The van der Waals surface area contributed by atoms with E-state index in [1.165, 1.54) is 6.07 Å². The summed E-state index contributed by atoms with van der Waals surface area (Å²) in [4.78, 5) is 15.3. The Morgan fingerprint density at radius 1 is 1.30 bits per heavy atom. The van der Waals surface area contributed by atoms with Crippen molar-refractivity contribution < 1.29 is 9.18 Å². The Bertz CT molecular complexity index is 777. The van der Waals surface area contributed by atoms with E-state index >= 15 is 0 Å². The third-order valence-electron chi connectivity index (χ3n) is 3.18. The number of hydrogen-bond acceptors (Lipinski definition) is 2. The van der Waals surface area contributed by atoms with Crippen LogP contribution in [-0.4, -0.2) is 15.8 Å². The molecule has 0 saturated heterocycles. The summed E-state index contributed by atoms with van der Waals surface area (Å²) in [5.41, 5.74) is 1.55. The molecule has 0 saturated carbocycles. The molecule has 3 aromatic rings. The molecule has 2 heterocycles. The molecule has 3 nitrogen and oxygen atoms in total. The normalized spacial score (nSPS) is 10.9. The van der Waals surface area contributed by atoms with Crippen LogP contribution in [0.15, 0.2) is 42.7 Å². The monoisotopic (exact) mass is 288 g/mol. The minimum atomic E-state index is -0.372. The van der Waals surface area contributed by atoms with Gasteiger partial charge in [0.15, 0.2) is 6.29 Å². The molecule has 0 aliphatic rings. The highest BCUT2D eigenvalue weighted by molar-refractivity contribution is 6.31. The number of aldehydes is 1. The van der Waals surface area contributed by atoms with Gasteiger partial charge in [-0.1, -0.05) is 17.7 Å². The summed E-state index contributed by atoms with van der Waals surface area (Å²) in [7, 11) is 0. The Morgan fingerprint density at radius 3 is 2.90 bits per heavy atom. The molecule has 2 aromatic heterocycles. The third kappa shape index (κ3) is 2.08. The van der Waals surface area contributed by atoms with Crippen LogP contribution < -0.4 is 0 Å². The highest BCUT2D eigenvalue weighted by Gasteiger charge is 2.12. The van der Waals surface area contributed by atoms with Crippen LogP contribution in [0.1, 0.15) is 15.9 Å². The lowest BCUT2D eigenvalue weighted by Crippen LogP contribution is -2.02. The number of carbonyl (C=O) groups is 1. The number of halogens is 2. The molecule has 5 heteroatoms. The highest BCUT2D eigenvalue weighted by atomic mass is 35.5. The zero-order valence-electron chi connectivity index (χ0n) is 10.4. The van der Waals surface area contributed by atoms with Gasteiger partial charge in [-0.15, -0.1) is 0 Å². The van der Waals surface area contributed by atoms with Crippen LogP contribution in [0.3, 0.4) is 0 Å². The summed E-state index contributed by atoms with van der Waals surface area (Å²) in [6, 6.07) is 8.13. The molecule has 0 fully saturated rings. The van der Waals surface area contributed by atoms with Crippen molar-refractivity contribution in [1.82, 2.24) is 9.55 Å². The first-order chi connectivity index (χ1) is 9.70. The van der Waals surface area contributed by atoms with Crippen LogP contribution in [0.2, 0.25) is 5.02 Å². The van der Waals surface area contributed by atoms with Gasteiger partial charge in [0, 0.05) is 33.9 Å². The predicted octanol–water partition coefficient (Wildman–Crippen LogP) is 3.69. The third-order valence-corrected chi connectivity index (χ3v) is 3.54. The van der Waals surface area contributed by atoms with E-state index in [4.69, 9.17) is 11.6 Å². The van der Waals surface area contributed by atoms with E-state index in [0.717, 1.165) is 11.7 Å². The van der Waals surface area contributed by atoms with Crippen molar-refractivity contribution >= 4 is 28.9 Å². The largest absolute Gasteiger partial charge is 0.327 e. The van der Waals surface area contributed by atoms with Gasteiger partial charge in [0.05, 0.1) is 6.54 Å². The second kappa shape index (κ2) is 5.06. The molecule has 0 spiro atoms. The summed E-state index contributed by atoms with van der Waals surface area (Å²) < 4.78 is 15.6. The van der Waals surface area contributed by atoms with Gasteiger partial charge in [-0.3, -0.25) is 4.79 Å². The Morgan fingerprint density at radius 2 is 2.15 bits per heavy atom. The van der Waals surface area contributed by atoms with Crippen molar-refractivity contribution in [3.63, 3.8) is 0 Å². The summed E-state index contributed by atoms with van der Waals surface area (Å²) in [6.45, 7) is 0.229. The van der Waals surface area contributed by atoms with E-state index in [9.17, 15) is 9.18 Å². The van der Waals surface area contributed by atoms with Crippen molar-refractivity contribution in [2.75, 3.05) is 0 Å². The minimum Gasteiger partial charge on any atom is -0.327 e. The van der Waals surface area contributed by atoms with Gasteiger partial charge in [0.1, 0.15) is 11.5 Å². The average molecular weight is 289 g/mol. The molecular weight excluding hydrogens is 279 g/mol. The van der Waals surface area contributed by atoms with Crippen LogP contribution in [0.4, 0.5) is 4.39 Å². The van der Waals surface area contributed by atoms with Gasteiger partial charge < -0.3 is 4.57 Å². The van der Waals surface area contributed by atoms with E-state index in [2.05, 4.69) is 4.98 Å². The number of nitrogens with zero attached hydrogens (tertiary/aromatic N) is 2. The molecule has 100 valence electrons. The van der Waals surface area contributed by atoms with Crippen molar-refractivity contribution in [2.45, 2.75) is 6.54 Å². The van der Waals surface area contributed by atoms with Gasteiger partial charge in [-0.05, 0) is 24.3 Å². The van der Waals surface area contributed by atoms with Gasteiger partial charge in [-0.25, -0.2) is 9.37 Å². The first kappa shape index (κ1) is 12.8. The fraction of sp³-hybridized carbons (Fsp3) is 0.0667. The molecule has 0 N–H and O–H groups in total. The molecule has 1 aromatic carbocycles. The number of carbonyl (C=O) groups excluding carboxylic acids is 1. The van der Waals surface area contributed by atoms with Crippen molar-refractivity contribution in [2.24, 2.45) is 0 Å². The summed E-state index contributed by atoms with van der Waals surface area (Å²) >= 11 is 6.03. The number of pyridine rings is 1. The first-order valence-corrected chi connectivity index (χ1v) is 6.40. The van der Waals surface area contributed by atoms with E-state index in [-0.39, 0.29) is 12.4 Å². The topological polar surface area (TPSA) is 34.9 Å². The predicted molar refractivity (Wildman–Crippen MR) is 75.6 cm³/mol. The fourth-order valence-electron chi connectivity index (χ4n) is 2.22. The minimum absolute atomic E-state index is 0.229. The molecule has 0 aliphatic heterocycles. The summed E-state index contributed by atoms with van der Waals surface area (Å²) in [5, 5.41) is 1.10. The van der Waals surface area contributed by atoms with E-state index in [0.29, 0.717) is 21.8 Å². The molecule has 0 atom stereocenters. The highest BCUT2D eigenvalue weighted by Crippen LogP contribution is 2.24. The molecule has 0 aliphatic carbocycles. The quantitative estimate of drug-likeness (QED) is 0.689. The lowest BCUT2D eigenvalue weighted by Gasteiger charge is -2.08. The number of aromatic nitrogens is 2. The number of fused-ring (bicyclic) bond motifs is 1. The van der Waals surface area contributed by atoms with Crippen molar-refractivity contribution in [1.29, 1.82) is 0 Å². The van der Waals surface area contributed by atoms with Crippen LogP contribution in [-0.2, 0) is 6.54 Å². The maximum atomic E-state index is 13.8. The molecular formula is C15H10ClFN2O. The van der Waals surface area contributed by atoms with Gasteiger partial charge in [0.25, 0.3) is 0 Å². The van der Waals surface area contributed by atoms with Crippen molar-refractivity contribution in [3.8, 4) is 0 Å². The van der Waals surface area contributed by atoms with E-state index in [1.807, 2.05) is 6.07 Å². The second-order valence-electron chi connectivity index (χ2n) is 4.40. The zero-order chi connectivity index (χ0) is 14.1. The van der Waals surface area contributed by atoms with Gasteiger partial charge in [-0.2, -0.15) is 0 Å². The molecule has 3 rings (SSSR count). The lowest BCUT2D eigenvalue weighted by atomic mass is 10.2. The van der Waals surface area contributed by atoms with Crippen LogP contribution in [0, 0.1) is 5.82 Å². The van der Waals surface area contributed by atoms with Gasteiger partial charge in [0.2, 0.25) is 0 Å². The Kier molecular flexibility index (Phi) is 3.24. The van der Waals surface area contributed by atoms with Gasteiger partial charge >= 0.3 is 0 Å². The van der Waals surface area contributed by atoms with Crippen LogP contribution in [0.25, 0.3) is 11.0 Å². The standard InChI is InChI=1S/C15H10ClFN2O/c16-13-4-1-5-14(17)12(13)8-19-7-10(9-20)11-3-2-6-18-15(11)19/h1-7,9H,8H2. The smallest absolute Gasteiger partial charge is 0.152 e. The number of hydrogen-bond donors (Lipinski definition) is 0. The average Bonchev–Trinajstić information content (AvgIpc) is 2.81. The second-order valence-corrected chi connectivity index (χ2v) is 4.81. The number of benzene rings is 1. The fourth-order valence-corrected chi connectivity index (χ4v) is 2.44. The molecule has 0 unspecified atom stereocenters. The van der Waals surface area contributed by atoms with Crippen LogP contribution >= 0.6 is 11.6 Å². The van der Waals surface area contributed by atoms with Crippen LogP contribution in [0.5, 0.6) is 0 Å². The summed E-state index contributed by atoms with van der Waals surface area (Å²) in [5.74, 6) is -0.372. The first-order valence-electron chi connectivity index (χ1n) is 6.02. The van der Waals surface area contributed by atoms with E-state index in [1.54, 1.807) is 35.2 Å². The van der Waals surface area contributed by atoms with Crippen molar-refractivity contribution in [3.05, 3.63) is 64.7 Å². The molecule has 20 heavy (non-hydrogen) atoms. The summed E-state index contributed by atoms with van der Waals surface area (Å²) in [6.07, 6.45) is 4.06. The number of rotatable bonds is 3. The van der Waals surface area contributed by atoms with E-state index < -0.39 is 0 Å². The maximum absolute atomic E-state index is 13.8. The Hall–Kier alpha value is -2.20. The molecule has 0 bridgehead atoms. The maximum Gasteiger partial charge on any atom is 0.152 e. The Labute approximate surface area is 119 Å².